The molecule has 0 aromatic carbocycles. The van der Waals surface area contributed by atoms with E-state index in [1.54, 1.807) is 18.4 Å². The second kappa shape index (κ2) is 5.18. The molecule has 0 aliphatic rings. The predicted octanol–water partition coefficient (Wildman–Crippen LogP) is 3.09. The summed E-state index contributed by atoms with van der Waals surface area (Å²) in [6.07, 6.45) is 2.72. The van der Waals surface area contributed by atoms with Gasteiger partial charge in [-0.25, -0.2) is 4.98 Å². The van der Waals surface area contributed by atoms with Gasteiger partial charge in [-0.1, -0.05) is 6.92 Å². The Balaban J connectivity index is 2.02. The molecule has 16 heavy (non-hydrogen) atoms. The highest BCUT2D eigenvalue weighted by Crippen LogP contribution is 2.23. The number of nitrogens with one attached hydrogen (secondary N) is 1. The van der Waals surface area contributed by atoms with Crippen molar-refractivity contribution in [3.05, 3.63) is 29.3 Å². The molecule has 2 aromatic heterocycles. The molecule has 0 unspecified atom stereocenters. The van der Waals surface area contributed by atoms with Crippen molar-refractivity contribution < 1.29 is 8.83 Å². The van der Waals surface area contributed by atoms with Crippen LogP contribution in [0, 0.1) is 0 Å². The fourth-order valence-electron chi connectivity index (χ4n) is 1.32. The molecule has 2 aromatic rings. The highest BCUT2D eigenvalue weighted by atomic mass is 35.5. The van der Waals surface area contributed by atoms with E-state index in [4.69, 9.17) is 20.4 Å². The van der Waals surface area contributed by atoms with Crippen molar-refractivity contribution >= 4 is 11.6 Å². The first-order valence-electron chi connectivity index (χ1n) is 5.20. The van der Waals surface area contributed by atoms with Crippen molar-refractivity contribution in [1.82, 2.24) is 10.3 Å². The van der Waals surface area contributed by atoms with Gasteiger partial charge in [0.2, 0.25) is 0 Å². The molecule has 0 saturated carbocycles. The monoisotopic (exact) mass is 240 g/mol. The normalized spacial score (nSPS) is 10.9. The molecule has 0 bridgehead atoms. The van der Waals surface area contributed by atoms with Crippen LogP contribution in [0.2, 0.25) is 5.22 Å². The van der Waals surface area contributed by atoms with Gasteiger partial charge >= 0.3 is 0 Å². The number of hydrogen-bond acceptors (Lipinski definition) is 4. The van der Waals surface area contributed by atoms with Gasteiger partial charge in [-0.05, 0) is 36.7 Å². The summed E-state index contributed by atoms with van der Waals surface area (Å²) < 4.78 is 10.5. The number of halogens is 1. The third-order valence-electron chi connectivity index (χ3n) is 2.07. The lowest BCUT2D eigenvalue weighted by Gasteiger charge is -1.96. The third kappa shape index (κ3) is 2.65. The number of rotatable bonds is 5. The molecule has 0 spiro atoms. The van der Waals surface area contributed by atoms with Crippen molar-refractivity contribution in [3.63, 3.8) is 0 Å². The number of oxazole rings is 1. The number of aromatic nitrogens is 1. The SMILES string of the molecule is CCCNCc1coc(-c2ccc(Cl)o2)n1. The summed E-state index contributed by atoms with van der Waals surface area (Å²) in [6, 6.07) is 3.40. The first kappa shape index (κ1) is 11.2. The Morgan fingerprint density at radius 3 is 3.00 bits per heavy atom. The fourth-order valence-corrected chi connectivity index (χ4v) is 1.47. The Bertz CT molecular complexity index is 450. The highest BCUT2D eigenvalue weighted by molar-refractivity contribution is 6.28. The van der Waals surface area contributed by atoms with Crippen LogP contribution < -0.4 is 5.32 Å². The van der Waals surface area contributed by atoms with Gasteiger partial charge in [-0.3, -0.25) is 0 Å². The maximum Gasteiger partial charge on any atom is 0.263 e. The summed E-state index contributed by atoms with van der Waals surface area (Å²) in [7, 11) is 0. The van der Waals surface area contributed by atoms with E-state index in [0.717, 1.165) is 18.7 Å². The van der Waals surface area contributed by atoms with Crippen LogP contribution in [-0.2, 0) is 6.54 Å². The van der Waals surface area contributed by atoms with Crippen LogP contribution in [0.15, 0.2) is 27.2 Å². The molecule has 0 radical (unpaired) electrons. The van der Waals surface area contributed by atoms with Crippen LogP contribution in [-0.4, -0.2) is 11.5 Å². The van der Waals surface area contributed by atoms with Gasteiger partial charge in [0.1, 0.15) is 6.26 Å². The quantitative estimate of drug-likeness (QED) is 0.816. The highest BCUT2D eigenvalue weighted by Gasteiger charge is 2.10. The van der Waals surface area contributed by atoms with Crippen molar-refractivity contribution in [1.29, 1.82) is 0 Å². The van der Waals surface area contributed by atoms with Crippen LogP contribution in [0.3, 0.4) is 0 Å². The standard InChI is InChI=1S/C11H13ClN2O2/c1-2-5-13-6-8-7-15-11(14-8)9-3-4-10(12)16-9/h3-4,7,13H,2,5-6H2,1H3. The van der Waals surface area contributed by atoms with E-state index >= 15 is 0 Å². The minimum atomic E-state index is 0.332. The van der Waals surface area contributed by atoms with Crippen molar-refractivity contribution in [2.75, 3.05) is 6.54 Å². The summed E-state index contributed by atoms with van der Waals surface area (Å²) in [6.45, 7) is 3.78. The summed E-state index contributed by atoms with van der Waals surface area (Å²) in [5.41, 5.74) is 0.857. The second-order valence-electron chi connectivity index (χ2n) is 3.42. The zero-order chi connectivity index (χ0) is 11.4. The molecule has 4 nitrogen and oxygen atoms in total. The van der Waals surface area contributed by atoms with Crippen LogP contribution in [0.4, 0.5) is 0 Å². The molecular weight excluding hydrogens is 228 g/mol. The molecule has 0 atom stereocenters. The van der Waals surface area contributed by atoms with Gasteiger partial charge in [0, 0.05) is 6.54 Å². The lowest BCUT2D eigenvalue weighted by atomic mass is 10.4. The summed E-state index contributed by atoms with van der Waals surface area (Å²) in [5, 5.41) is 3.57. The Morgan fingerprint density at radius 1 is 1.44 bits per heavy atom. The minimum Gasteiger partial charge on any atom is -0.442 e. The van der Waals surface area contributed by atoms with Gasteiger partial charge < -0.3 is 14.2 Å². The van der Waals surface area contributed by atoms with Crippen molar-refractivity contribution in [3.8, 4) is 11.7 Å². The minimum absolute atomic E-state index is 0.332. The topological polar surface area (TPSA) is 51.2 Å². The van der Waals surface area contributed by atoms with E-state index in [2.05, 4.69) is 17.2 Å². The predicted molar refractivity (Wildman–Crippen MR) is 61.2 cm³/mol. The molecule has 2 rings (SSSR count). The Kier molecular flexibility index (Phi) is 3.64. The number of nitrogens with zero attached hydrogens (tertiary/aromatic N) is 1. The number of furan rings is 1. The van der Waals surface area contributed by atoms with E-state index in [9.17, 15) is 0 Å². The van der Waals surface area contributed by atoms with E-state index in [1.165, 1.54) is 0 Å². The maximum atomic E-state index is 5.67. The van der Waals surface area contributed by atoms with Crippen molar-refractivity contribution in [2.24, 2.45) is 0 Å². The first-order chi connectivity index (χ1) is 7.79. The van der Waals surface area contributed by atoms with Gasteiger partial charge in [-0.15, -0.1) is 0 Å². The van der Waals surface area contributed by atoms with E-state index in [-0.39, 0.29) is 0 Å². The molecule has 1 N–H and O–H groups in total. The smallest absolute Gasteiger partial charge is 0.263 e. The molecule has 0 amide bonds. The third-order valence-corrected chi connectivity index (χ3v) is 2.27. The van der Waals surface area contributed by atoms with E-state index in [1.807, 2.05) is 0 Å². The number of hydrogen-bond donors (Lipinski definition) is 1. The van der Waals surface area contributed by atoms with E-state index in [0.29, 0.717) is 23.4 Å². The molecule has 0 aliphatic heterocycles. The van der Waals surface area contributed by atoms with Crippen LogP contribution in [0.25, 0.3) is 11.7 Å². The van der Waals surface area contributed by atoms with Crippen LogP contribution in [0.1, 0.15) is 19.0 Å². The Labute approximate surface area is 98.6 Å². The molecular formula is C11H13ClN2O2. The lowest BCUT2D eigenvalue weighted by molar-refractivity contribution is 0.517. The summed E-state index contributed by atoms with van der Waals surface area (Å²) in [4.78, 5) is 4.28. The largest absolute Gasteiger partial charge is 0.442 e. The molecule has 86 valence electrons. The van der Waals surface area contributed by atoms with Gasteiger partial charge in [0.15, 0.2) is 11.0 Å². The Hall–Kier alpha value is -1.26. The molecule has 0 aliphatic carbocycles. The second-order valence-corrected chi connectivity index (χ2v) is 3.80. The maximum absolute atomic E-state index is 5.67. The van der Waals surface area contributed by atoms with Crippen molar-refractivity contribution in [2.45, 2.75) is 19.9 Å². The molecule has 5 heteroatoms. The lowest BCUT2D eigenvalue weighted by Crippen LogP contribution is -2.13. The van der Waals surface area contributed by atoms with Gasteiger partial charge in [0.05, 0.1) is 5.69 Å². The van der Waals surface area contributed by atoms with Crippen LogP contribution >= 0.6 is 11.6 Å². The van der Waals surface area contributed by atoms with E-state index < -0.39 is 0 Å². The summed E-state index contributed by atoms with van der Waals surface area (Å²) in [5.74, 6) is 1.01. The molecule has 0 saturated heterocycles. The fraction of sp³-hybridized carbons (Fsp3) is 0.364. The van der Waals surface area contributed by atoms with Crippen LogP contribution in [0.5, 0.6) is 0 Å². The zero-order valence-electron chi connectivity index (χ0n) is 9.00. The van der Waals surface area contributed by atoms with Gasteiger partial charge in [0.25, 0.3) is 5.89 Å². The summed E-state index contributed by atoms with van der Waals surface area (Å²) >= 11 is 5.67. The average molecular weight is 241 g/mol. The molecule has 2 heterocycles. The molecule has 0 fully saturated rings. The van der Waals surface area contributed by atoms with Gasteiger partial charge in [-0.2, -0.15) is 0 Å². The first-order valence-corrected chi connectivity index (χ1v) is 5.58. The average Bonchev–Trinajstić information content (AvgIpc) is 2.87. The zero-order valence-corrected chi connectivity index (χ0v) is 9.75. The Morgan fingerprint density at radius 2 is 2.31 bits per heavy atom.